The number of aromatic amines is 1. The zero-order valence-corrected chi connectivity index (χ0v) is 11.8. The van der Waals surface area contributed by atoms with Crippen LogP contribution in [0.3, 0.4) is 0 Å². The van der Waals surface area contributed by atoms with Crippen molar-refractivity contribution in [2.24, 2.45) is 5.92 Å². The SMILES string of the molecule is O=C(c1cn[nH]c1-c1ccccc1)N1CCC(CCO)C1. The number of carbonyl (C=O) groups excluding carboxylic acids is 1. The molecule has 1 fully saturated rings. The lowest BCUT2D eigenvalue weighted by Gasteiger charge is -2.16. The number of rotatable bonds is 4. The van der Waals surface area contributed by atoms with Gasteiger partial charge in [0.05, 0.1) is 17.5 Å². The smallest absolute Gasteiger partial charge is 0.257 e. The lowest BCUT2D eigenvalue weighted by Crippen LogP contribution is -2.29. The Bertz CT molecular complexity index is 609. The topological polar surface area (TPSA) is 69.2 Å². The van der Waals surface area contributed by atoms with E-state index in [-0.39, 0.29) is 12.5 Å². The molecular weight excluding hydrogens is 266 g/mol. The van der Waals surface area contributed by atoms with E-state index < -0.39 is 0 Å². The van der Waals surface area contributed by atoms with Gasteiger partial charge in [0.2, 0.25) is 0 Å². The largest absolute Gasteiger partial charge is 0.396 e. The van der Waals surface area contributed by atoms with Crippen LogP contribution in [0.25, 0.3) is 11.3 Å². The minimum atomic E-state index is 0.0167. The zero-order valence-electron chi connectivity index (χ0n) is 11.8. The molecule has 1 unspecified atom stereocenters. The van der Waals surface area contributed by atoms with E-state index in [0.717, 1.165) is 37.2 Å². The summed E-state index contributed by atoms with van der Waals surface area (Å²) in [5, 5.41) is 16.0. The minimum Gasteiger partial charge on any atom is -0.396 e. The molecule has 3 rings (SSSR count). The van der Waals surface area contributed by atoms with Gasteiger partial charge in [0.1, 0.15) is 0 Å². The number of amides is 1. The molecule has 1 saturated heterocycles. The van der Waals surface area contributed by atoms with Gasteiger partial charge in [0.15, 0.2) is 0 Å². The highest BCUT2D eigenvalue weighted by atomic mass is 16.3. The normalized spacial score (nSPS) is 18.1. The maximum absolute atomic E-state index is 12.7. The van der Waals surface area contributed by atoms with Crippen LogP contribution in [0.15, 0.2) is 36.5 Å². The molecule has 0 spiro atoms. The molecule has 2 heterocycles. The van der Waals surface area contributed by atoms with Gasteiger partial charge in [-0.15, -0.1) is 0 Å². The lowest BCUT2D eigenvalue weighted by molar-refractivity contribution is 0.0785. The highest BCUT2D eigenvalue weighted by Crippen LogP contribution is 2.25. The fourth-order valence-corrected chi connectivity index (χ4v) is 2.88. The number of hydrogen-bond acceptors (Lipinski definition) is 3. The summed E-state index contributed by atoms with van der Waals surface area (Å²) in [6.45, 7) is 1.66. The second kappa shape index (κ2) is 6.10. The molecule has 1 atom stereocenters. The van der Waals surface area contributed by atoms with Crippen molar-refractivity contribution in [3.8, 4) is 11.3 Å². The predicted octanol–water partition coefficient (Wildman–Crippen LogP) is 1.92. The van der Waals surface area contributed by atoms with Crippen LogP contribution in [-0.2, 0) is 0 Å². The first-order valence-corrected chi connectivity index (χ1v) is 7.28. The Morgan fingerprint density at radius 1 is 1.38 bits per heavy atom. The molecule has 0 saturated carbocycles. The van der Waals surface area contributed by atoms with Crippen LogP contribution in [0.4, 0.5) is 0 Å². The molecule has 0 radical (unpaired) electrons. The molecule has 2 aromatic rings. The Balaban J connectivity index is 1.79. The number of H-pyrrole nitrogens is 1. The fourth-order valence-electron chi connectivity index (χ4n) is 2.88. The summed E-state index contributed by atoms with van der Waals surface area (Å²) < 4.78 is 0. The van der Waals surface area contributed by atoms with Gasteiger partial charge in [0.25, 0.3) is 5.91 Å². The van der Waals surface area contributed by atoms with Gasteiger partial charge in [0, 0.05) is 25.3 Å². The molecular formula is C16H19N3O2. The van der Waals surface area contributed by atoms with Crippen LogP contribution in [0.5, 0.6) is 0 Å². The van der Waals surface area contributed by atoms with Gasteiger partial charge in [-0.3, -0.25) is 9.89 Å². The first-order chi connectivity index (χ1) is 10.3. The van der Waals surface area contributed by atoms with Crippen molar-refractivity contribution in [1.82, 2.24) is 15.1 Å². The molecule has 0 bridgehead atoms. The first-order valence-electron chi connectivity index (χ1n) is 7.28. The number of nitrogens with one attached hydrogen (secondary N) is 1. The Labute approximate surface area is 123 Å². The van der Waals surface area contributed by atoms with Crippen LogP contribution < -0.4 is 0 Å². The van der Waals surface area contributed by atoms with Crippen molar-refractivity contribution >= 4 is 5.91 Å². The van der Waals surface area contributed by atoms with Crippen molar-refractivity contribution in [2.75, 3.05) is 19.7 Å². The summed E-state index contributed by atoms with van der Waals surface area (Å²) in [6, 6.07) is 9.75. The molecule has 1 aliphatic rings. The number of nitrogens with zero attached hydrogens (tertiary/aromatic N) is 2. The minimum absolute atomic E-state index is 0.0167. The molecule has 21 heavy (non-hydrogen) atoms. The molecule has 1 aromatic carbocycles. The Kier molecular flexibility index (Phi) is 4.01. The molecule has 1 aliphatic heterocycles. The van der Waals surface area contributed by atoms with E-state index in [0.29, 0.717) is 11.5 Å². The van der Waals surface area contributed by atoms with Crippen molar-refractivity contribution in [1.29, 1.82) is 0 Å². The number of aromatic nitrogens is 2. The Morgan fingerprint density at radius 3 is 2.95 bits per heavy atom. The quantitative estimate of drug-likeness (QED) is 0.901. The molecule has 0 aliphatic carbocycles. The molecule has 1 aromatic heterocycles. The predicted molar refractivity (Wildman–Crippen MR) is 79.7 cm³/mol. The second-order valence-corrected chi connectivity index (χ2v) is 5.44. The summed E-state index contributed by atoms with van der Waals surface area (Å²) in [4.78, 5) is 14.5. The van der Waals surface area contributed by atoms with Gasteiger partial charge < -0.3 is 10.0 Å². The number of aliphatic hydroxyl groups excluding tert-OH is 1. The van der Waals surface area contributed by atoms with Gasteiger partial charge in [-0.05, 0) is 18.8 Å². The monoisotopic (exact) mass is 285 g/mol. The van der Waals surface area contributed by atoms with E-state index in [1.807, 2.05) is 35.2 Å². The maximum atomic E-state index is 12.7. The first kappa shape index (κ1) is 13.8. The maximum Gasteiger partial charge on any atom is 0.257 e. The third kappa shape index (κ3) is 2.83. The van der Waals surface area contributed by atoms with Crippen LogP contribution in [-0.4, -0.2) is 45.8 Å². The summed E-state index contributed by atoms with van der Waals surface area (Å²) >= 11 is 0. The number of likely N-dealkylation sites (tertiary alicyclic amines) is 1. The summed E-state index contributed by atoms with van der Waals surface area (Å²) in [5.74, 6) is 0.425. The van der Waals surface area contributed by atoms with E-state index in [9.17, 15) is 4.79 Å². The summed E-state index contributed by atoms with van der Waals surface area (Å²) in [5.41, 5.74) is 2.35. The lowest BCUT2D eigenvalue weighted by atomic mass is 10.1. The van der Waals surface area contributed by atoms with E-state index in [1.165, 1.54) is 0 Å². The standard InChI is InChI=1S/C16H19N3O2/c20-9-7-12-6-8-19(11-12)16(21)14-10-17-18-15(14)13-4-2-1-3-5-13/h1-5,10,12,20H,6-9,11H2,(H,17,18). The average molecular weight is 285 g/mol. The van der Waals surface area contributed by atoms with E-state index >= 15 is 0 Å². The summed E-state index contributed by atoms with van der Waals surface area (Å²) in [7, 11) is 0. The molecule has 2 N–H and O–H groups in total. The Morgan fingerprint density at radius 2 is 2.19 bits per heavy atom. The van der Waals surface area contributed by atoms with Crippen molar-refractivity contribution in [3.05, 3.63) is 42.1 Å². The number of aliphatic hydroxyl groups is 1. The third-order valence-electron chi connectivity index (χ3n) is 4.04. The third-order valence-corrected chi connectivity index (χ3v) is 4.04. The van der Waals surface area contributed by atoms with E-state index in [1.54, 1.807) is 6.20 Å². The number of hydrogen-bond donors (Lipinski definition) is 2. The van der Waals surface area contributed by atoms with Gasteiger partial charge in [-0.1, -0.05) is 30.3 Å². The molecule has 110 valence electrons. The highest BCUT2D eigenvalue weighted by Gasteiger charge is 2.28. The molecule has 5 heteroatoms. The zero-order chi connectivity index (χ0) is 14.7. The van der Waals surface area contributed by atoms with Crippen LogP contribution >= 0.6 is 0 Å². The van der Waals surface area contributed by atoms with Crippen molar-refractivity contribution < 1.29 is 9.90 Å². The molecule has 1 amide bonds. The van der Waals surface area contributed by atoms with Gasteiger partial charge in [-0.2, -0.15) is 5.10 Å². The number of carbonyl (C=O) groups is 1. The second-order valence-electron chi connectivity index (χ2n) is 5.44. The van der Waals surface area contributed by atoms with Crippen LogP contribution in [0.1, 0.15) is 23.2 Å². The van der Waals surface area contributed by atoms with Crippen molar-refractivity contribution in [3.63, 3.8) is 0 Å². The summed E-state index contributed by atoms with van der Waals surface area (Å²) in [6.07, 6.45) is 3.33. The van der Waals surface area contributed by atoms with E-state index in [4.69, 9.17) is 5.11 Å². The van der Waals surface area contributed by atoms with E-state index in [2.05, 4.69) is 10.2 Å². The average Bonchev–Trinajstić information content (AvgIpc) is 3.17. The van der Waals surface area contributed by atoms with Crippen LogP contribution in [0, 0.1) is 5.92 Å². The number of benzene rings is 1. The van der Waals surface area contributed by atoms with Crippen LogP contribution in [0.2, 0.25) is 0 Å². The van der Waals surface area contributed by atoms with Gasteiger partial charge >= 0.3 is 0 Å². The van der Waals surface area contributed by atoms with Crippen molar-refractivity contribution in [2.45, 2.75) is 12.8 Å². The fraction of sp³-hybridized carbons (Fsp3) is 0.375. The molecule has 5 nitrogen and oxygen atoms in total. The Hall–Kier alpha value is -2.14. The highest BCUT2D eigenvalue weighted by molar-refractivity contribution is 5.99. The van der Waals surface area contributed by atoms with Gasteiger partial charge in [-0.25, -0.2) is 0 Å².